The van der Waals surface area contributed by atoms with Crippen molar-refractivity contribution < 1.29 is 9.90 Å². The SMILES string of the molecule is CSCC(CCO)NC(=O)CN(C)C(C)C. The molecule has 0 bridgehead atoms. The summed E-state index contributed by atoms with van der Waals surface area (Å²) >= 11 is 1.68. The highest BCUT2D eigenvalue weighted by Crippen LogP contribution is 2.01. The Labute approximate surface area is 103 Å². The van der Waals surface area contributed by atoms with Gasteiger partial charge in [0.2, 0.25) is 5.91 Å². The molecule has 0 fully saturated rings. The summed E-state index contributed by atoms with van der Waals surface area (Å²) < 4.78 is 0. The van der Waals surface area contributed by atoms with E-state index in [2.05, 4.69) is 19.2 Å². The number of thioether (sulfide) groups is 1. The fraction of sp³-hybridized carbons (Fsp3) is 0.909. The van der Waals surface area contributed by atoms with E-state index < -0.39 is 0 Å². The third-order valence-electron chi connectivity index (χ3n) is 2.49. The predicted octanol–water partition coefficient (Wildman–Crippen LogP) is 0.557. The van der Waals surface area contributed by atoms with Gasteiger partial charge in [-0.25, -0.2) is 0 Å². The smallest absolute Gasteiger partial charge is 0.234 e. The molecule has 0 saturated heterocycles. The van der Waals surface area contributed by atoms with Crippen LogP contribution in [0.2, 0.25) is 0 Å². The van der Waals surface area contributed by atoms with Crippen molar-refractivity contribution in [2.24, 2.45) is 0 Å². The van der Waals surface area contributed by atoms with E-state index in [1.165, 1.54) is 0 Å². The number of carbonyl (C=O) groups is 1. The Balaban J connectivity index is 3.98. The first-order chi connectivity index (χ1) is 7.51. The minimum absolute atomic E-state index is 0.0312. The van der Waals surface area contributed by atoms with Crippen LogP contribution in [0, 0.1) is 0 Å². The second-order valence-corrected chi connectivity index (χ2v) is 5.15. The normalized spacial score (nSPS) is 13.2. The summed E-state index contributed by atoms with van der Waals surface area (Å²) in [6.07, 6.45) is 2.62. The van der Waals surface area contributed by atoms with Gasteiger partial charge in [-0.2, -0.15) is 11.8 Å². The van der Waals surface area contributed by atoms with Gasteiger partial charge in [-0.1, -0.05) is 0 Å². The van der Waals surface area contributed by atoms with E-state index in [9.17, 15) is 4.79 Å². The van der Waals surface area contributed by atoms with Crippen molar-refractivity contribution in [3.8, 4) is 0 Å². The summed E-state index contributed by atoms with van der Waals surface area (Å²) in [4.78, 5) is 13.7. The Bertz CT molecular complexity index is 194. The topological polar surface area (TPSA) is 52.6 Å². The van der Waals surface area contributed by atoms with E-state index in [1.54, 1.807) is 11.8 Å². The number of aliphatic hydroxyl groups is 1. The van der Waals surface area contributed by atoms with E-state index in [1.807, 2.05) is 18.2 Å². The summed E-state index contributed by atoms with van der Waals surface area (Å²) in [5.41, 5.74) is 0. The minimum atomic E-state index is 0.0312. The number of nitrogens with one attached hydrogen (secondary N) is 1. The quantitative estimate of drug-likeness (QED) is 0.659. The van der Waals surface area contributed by atoms with E-state index >= 15 is 0 Å². The van der Waals surface area contributed by atoms with Crippen molar-refractivity contribution in [2.75, 3.05) is 32.2 Å². The van der Waals surface area contributed by atoms with Crippen LogP contribution in [0.1, 0.15) is 20.3 Å². The highest BCUT2D eigenvalue weighted by molar-refractivity contribution is 7.98. The molecule has 0 heterocycles. The molecule has 1 atom stereocenters. The summed E-state index contributed by atoms with van der Waals surface area (Å²) in [5.74, 6) is 0.876. The van der Waals surface area contributed by atoms with Gasteiger partial charge >= 0.3 is 0 Å². The molecule has 0 radical (unpaired) electrons. The standard InChI is InChI=1S/C11H24N2O2S/c1-9(2)13(3)7-11(15)12-10(5-6-14)8-16-4/h9-10,14H,5-8H2,1-4H3,(H,12,15). The molecule has 0 saturated carbocycles. The van der Waals surface area contributed by atoms with Gasteiger partial charge in [0.05, 0.1) is 6.54 Å². The number of hydrogen-bond acceptors (Lipinski definition) is 4. The second kappa shape index (κ2) is 8.84. The zero-order chi connectivity index (χ0) is 12.6. The Morgan fingerprint density at radius 1 is 1.50 bits per heavy atom. The molecule has 1 unspecified atom stereocenters. The van der Waals surface area contributed by atoms with Crippen molar-refractivity contribution >= 4 is 17.7 Å². The maximum Gasteiger partial charge on any atom is 0.234 e. The average molecular weight is 248 g/mol. The van der Waals surface area contributed by atoms with Crippen molar-refractivity contribution in [2.45, 2.75) is 32.4 Å². The van der Waals surface area contributed by atoms with Crippen LogP contribution >= 0.6 is 11.8 Å². The molecule has 0 spiro atoms. The number of carbonyl (C=O) groups excluding carboxylic acids is 1. The third-order valence-corrected chi connectivity index (χ3v) is 3.22. The van der Waals surface area contributed by atoms with Crippen molar-refractivity contribution in [3.05, 3.63) is 0 Å². The van der Waals surface area contributed by atoms with Crippen molar-refractivity contribution in [1.82, 2.24) is 10.2 Å². The van der Waals surface area contributed by atoms with Crippen LogP contribution in [0.5, 0.6) is 0 Å². The molecular formula is C11H24N2O2S. The van der Waals surface area contributed by atoms with E-state index in [0.717, 1.165) is 5.75 Å². The molecule has 96 valence electrons. The number of likely N-dealkylation sites (N-methyl/N-ethyl adjacent to an activating group) is 1. The molecule has 0 aromatic rings. The molecular weight excluding hydrogens is 224 g/mol. The molecule has 5 heteroatoms. The molecule has 0 aromatic carbocycles. The second-order valence-electron chi connectivity index (χ2n) is 4.24. The lowest BCUT2D eigenvalue weighted by Gasteiger charge is -2.22. The first-order valence-electron chi connectivity index (χ1n) is 5.60. The third kappa shape index (κ3) is 7.09. The fourth-order valence-corrected chi connectivity index (χ4v) is 1.89. The zero-order valence-electron chi connectivity index (χ0n) is 10.7. The molecule has 1 amide bonds. The van der Waals surface area contributed by atoms with Gasteiger partial charge in [0.1, 0.15) is 0 Å². The van der Waals surface area contributed by atoms with E-state index in [-0.39, 0.29) is 18.6 Å². The van der Waals surface area contributed by atoms with Crippen molar-refractivity contribution in [3.63, 3.8) is 0 Å². The first kappa shape index (κ1) is 15.7. The van der Waals surface area contributed by atoms with Crippen LogP contribution in [0.3, 0.4) is 0 Å². The Morgan fingerprint density at radius 3 is 2.56 bits per heavy atom. The summed E-state index contributed by atoms with van der Waals surface area (Å²) in [7, 11) is 1.93. The van der Waals surface area contributed by atoms with E-state index in [4.69, 9.17) is 5.11 Å². The van der Waals surface area contributed by atoms with Crippen LogP contribution in [0.25, 0.3) is 0 Å². The largest absolute Gasteiger partial charge is 0.396 e. The summed E-state index contributed by atoms with van der Waals surface area (Å²) in [6, 6.07) is 0.440. The molecule has 2 N–H and O–H groups in total. The molecule has 0 aromatic heterocycles. The molecule has 0 aliphatic carbocycles. The summed E-state index contributed by atoms with van der Waals surface area (Å²) in [5, 5.41) is 11.8. The van der Waals surface area contributed by atoms with Gasteiger partial charge in [-0.05, 0) is 33.6 Å². The van der Waals surface area contributed by atoms with Crippen LogP contribution in [-0.4, -0.2) is 60.2 Å². The maximum absolute atomic E-state index is 11.7. The Kier molecular flexibility index (Phi) is 8.70. The highest BCUT2D eigenvalue weighted by atomic mass is 32.2. The molecule has 0 aliphatic heterocycles. The number of aliphatic hydroxyl groups excluding tert-OH is 1. The van der Waals surface area contributed by atoms with Gasteiger partial charge in [0.25, 0.3) is 0 Å². The Hall–Kier alpha value is -0.260. The molecule has 4 nitrogen and oxygen atoms in total. The fourth-order valence-electron chi connectivity index (χ4n) is 1.24. The Morgan fingerprint density at radius 2 is 2.12 bits per heavy atom. The molecule has 0 aliphatic rings. The average Bonchev–Trinajstić information content (AvgIpc) is 2.17. The highest BCUT2D eigenvalue weighted by Gasteiger charge is 2.14. The van der Waals surface area contributed by atoms with Gasteiger partial charge in [0.15, 0.2) is 0 Å². The number of hydrogen-bond donors (Lipinski definition) is 2. The lowest BCUT2D eigenvalue weighted by molar-refractivity contribution is -0.122. The lowest BCUT2D eigenvalue weighted by atomic mass is 10.2. The maximum atomic E-state index is 11.7. The molecule has 0 rings (SSSR count). The number of amides is 1. The van der Waals surface area contributed by atoms with Gasteiger partial charge in [-0.3, -0.25) is 9.69 Å². The monoisotopic (exact) mass is 248 g/mol. The lowest BCUT2D eigenvalue weighted by Crippen LogP contribution is -2.44. The van der Waals surface area contributed by atoms with Crippen molar-refractivity contribution in [1.29, 1.82) is 0 Å². The van der Waals surface area contributed by atoms with Gasteiger partial charge in [0, 0.05) is 24.4 Å². The van der Waals surface area contributed by atoms with Crippen LogP contribution in [0.4, 0.5) is 0 Å². The minimum Gasteiger partial charge on any atom is -0.396 e. The first-order valence-corrected chi connectivity index (χ1v) is 7.00. The number of nitrogens with zero attached hydrogens (tertiary/aromatic N) is 1. The van der Waals surface area contributed by atoms with Crippen LogP contribution in [-0.2, 0) is 4.79 Å². The van der Waals surface area contributed by atoms with Crippen LogP contribution in [0.15, 0.2) is 0 Å². The van der Waals surface area contributed by atoms with Gasteiger partial charge < -0.3 is 10.4 Å². The van der Waals surface area contributed by atoms with Gasteiger partial charge in [-0.15, -0.1) is 0 Å². The molecule has 16 heavy (non-hydrogen) atoms. The van der Waals surface area contributed by atoms with Crippen LogP contribution < -0.4 is 5.32 Å². The predicted molar refractivity (Wildman–Crippen MR) is 69.8 cm³/mol. The number of rotatable bonds is 8. The summed E-state index contributed by atoms with van der Waals surface area (Å²) in [6.45, 7) is 4.64. The zero-order valence-corrected chi connectivity index (χ0v) is 11.5. The van der Waals surface area contributed by atoms with E-state index in [0.29, 0.717) is 19.0 Å².